The molecule has 0 spiro atoms. The number of carbonyl (C=O) groups excluding carboxylic acids is 1. The summed E-state index contributed by atoms with van der Waals surface area (Å²) in [6.45, 7) is -1.39. The first-order chi connectivity index (χ1) is 14.1. The van der Waals surface area contributed by atoms with E-state index in [1.807, 2.05) is 0 Å². The summed E-state index contributed by atoms with van der Waals surface area (Å²) in [5.41, 5.74) is 1.91. The Labute approximate surface area is 184 Å². The number of benzene rings is 2. The number of halogens is 6. The van der Waals surface area contributed by atoms with Gasteiger partial charge in [0.25, 0.3) is 5.91 Å². The fourth-order valence-corrected chi connectivity index (χ4v) is 4.05. The molecule has 2 heterocycles. The van der Waals surface area contributed by atoms with Crippen LogP contribution in [0, 0.1) is 0 Å². The maximum Gasteiger partial charge on any atom is 0.406 e. The van der Waals surface area contributed by atoms with Crippen LogP contribution in [0.5, 0.6) is 0 Å². The number of fused-ring (bicyclic) bond motifs is 1. The molecule has 0 aliphatic carbocycles. The van der Waals surface area contributed by atoms with Gasteiger partial charge in [-0.15, -0.1) is 0 Å². The maximum atomic E-state index is 13.0. The lowest BCUT2D eigenvalue weighted by Gasteiger charge is -2.27. The summed E-state index contributed by atoms with van der Waals surface area (Å²) in [5, 5.41) is 5.71. The van der Waals surface area contributed by atoms with E-state index < -0.39 is 18.6 Å². The molecule has 0 bridgehead atoms. The zero-order chi connectivity index (χ0) is 21.6. The van der Waals surface area contributed by atoms with Gasteiger partial charge >= 0.3 is 6.18 Å². The molecule has 2 aromatic carbocycles. The van der Waals surface area contributed by atoms with Crippen molar-refractivity contribution in [3.8, 4) is 16.9 Å². The van der Waals surface area contributed by atoms with Gasteiger partial charge in [0, 0.05) is 28.6 Å². The van der Waals surface area contributed by atoms with Gasteiger partial charge in [-0.2, -0.15) is 18.3 Å². The molecule has 1 aliphatic rings. The van der Waals surface area contributed by atoms with Crippen LogP contribution in [0.3, 0.4) is 0 Å². The van der Waals surface area contributed by atoms with Crippen molar-refractivity contribution in [1.29, 1.82) is 0 Å². The topological polar surface area (TPSA) is 38.1 Å². The summed E-state index contributed by atoms with van der Waals surface area (Å²) < 4.78 is 40.4. The number of amides is 1. The van der Waals surface area contributed by atoms with E-state index in [9.17, 15) is 18.0 Å². The van der Waals surface area contributed by atoms with Gasteiger partial charge in [-0.3, -0.25) is 4.79 Å². The van der Waals surface area contributed by atoms with Crippen LogP contribution in [-0.4, -0.2) is 39.9 Å². The first-order valence-electron chi connectivity index (χ1n) is 8.83. The van der Waals surface area contributed by atoms with Gasteiger partial charge in [-0.25, -0.2) is 4.68 Å². The first-order valence-corrected chi connectivity index (χ1v) is 9.97. The van der Waals surface area contributed by atoms with Crippen LogP contribution in [0.15, 0.2) is 42.5 Å². The van der Waals surface area contributed by atoms with Crippen LogP contribution in [0.4, 0.5) is 13.2 Å². The van der Waals surface area contributed by atoms with Crippen LogP contribution in [0.2, 0.25) is 15.1 Å². The van der Waals surface area contributed by atoms with Crippen LogP contribution >= 0.6 is 34.8 Å². The number of hydrogen-bond acceptors (Lipinski definition) is 2. The molecule has 4 rings (SSSR count). The number of carbonyl (C=O) groups is 1. The van der Waals surface area contributed by atoms with Crippen LogP contribution in [-0.2, 0) is 6.42 Å². The quantitative estimate of drug-likeness (QED) is 0.463. The molecule has 0 saturated carbocycles. The molecular weight excluding hydrogens is 462 g/mol. The normalized spacial score (nSPS) is 14.2. The molecular formula is C20H13Cl3F3N3O. The van der Waals surface area contributed by atoms with E-state index in [0.29, 0.717) is 32.7 Å². The second kappa shape index (κ2) is 7.80. The van der Waals surface area contributed by atoms with Gasteiger partial charge < -0.3 is 4.90 Å². The zero-order valence-electron chi connectivity index (χ0n) is 15.2. The molecule has 1 amide bonds. The Hall–Kier alpha value is -2.22. The molecule has 0 atom stereocenters. The SMILES string of the molecule is O=C1c2c(nn(-c3ccc(Cl)cc3Cl)c2-c2ccc(Cl)cc2)CCN1CC(F)(F)F. The fraction of sp³-hybridized carbons (Fsp3) is 0.200. The molecule has 3 aromatic rings. The van der Waals surface area contributed by atoms with E-state index in [4.69, 9.17) is 34.8 Å². The summed E-state index contributed by atoms with van der Waals surface area (Å²) in [7, 11) is 0. The Morgan fingerprint density at radius 1 is 1.00 bits per heavy atom. The van der Waals surface area contributed by atoms with Gasteiger partial charge in [-0.05, 0) is 30.3 Å². The molecule has 0 fully saturated rings. The number of nitrogens with zero attached hydrogens (tertiary/aromatic N) is 3. The van der Waals surface area contributed by atoms with Crippen LogP contribution < -0.4 is 0 Å². The molecule has 156 valence electrons. The van der Waals surface area contributed by atoms with Crippen LogP contribution in [0.1, 0.15) is 16.1 Å². The smallest absolute Gasteiger partial charge is 0.329 e. The molecule has 0 unspecified atom stereocenters. The maximum absolute atomic E-state index is 13.0. The lowest BCUT2D eigenvalue weighted by Crippen LogP contribution is -2.43. The molecule has 0 radical (unpaired) electrons. The molecule has 30 heavy (non-hydrogen) atoms. The average Bonchev–Trinajstić information content (AvgIpc) is 3.04. The predicted molar refractivity (Wildman–Crippen MR) is 110 cm³/mol. The summed E-state index contributed by atoms with van der Waals surface area (Å²) >= 11 is 18.3. The van der Waals surface area contributed by atoms with E-state index >= 15 is 0 Å². The van der Waals surface area contributed by atoms with Gasteiger partial charge in [-0.1, -0.05) is 46.9 Å². The lowest BCUT2D eigenvalue weighted by atomic mass is 10.00. The van der Waals surface area contributed by atoms with E-state index in [1.54, 1.807) is 36.4 Å². The summed E-state index contributed by atoms with van der Waals surface area (Å²) in [6, 6.07) is 11.4. The minimum Gasteiger partial charge on any atom is -0.329 e. The monoisotopic (exact) mass is 473 g/mol. The minimum atomic E-state index is -4.50. The van der Waals surface area contributed by atoms with E-state index in [-0.39, 0.29) is 23.6 Å². The standard InChI is InChI=1S/C20H13Cl3F3N3O/c21-12-3-1-11(2-4-12)18-17-15(7-8-28(19(17)30)10-20(24,25)26)27-29(18)16-6-5-13(22)9-14(16)23/h1-6,9H,7-8,10H2. The molecule has 10 heteroatoms. The van der Waals surface area contributed by atoms with E-state index in [2.05, 4.69) is 5.10 Å². The zero-order valence-corrected chi connectivity index (χ0v) is 17.4. The predicted octanol–water partition coefficient (Wildman–Crippen LogP) is 6.06. The van der Waals surface area contributed by atoms with Crippen molar-refractivity contribution in [3.05, 3.63) is 68.8 Å². The first kappa shape index (κ1) is 21.0. The van der Waals surface area contributed by atoms with Gasteiger partial charge in [0.15, 0.2) is 0 Å². The second-order valence-corrected chi connectivity index (χ2v) is 8.06. The third kappa shape index (κ3) is 4.02. The number of hydrogen-bond donors (Lipinski definition) is 0. The highest BCUT2D eigenvalue weighted by Gasteiger charge is 2.39. The number of rotatable bonds is 3. The lowest BCUT2D eigenvalue weighted by molar-refractivity contribution is -0.141. The highest BCUT2D eigenvalue weighted by Crippen LogP contribution is 2.36. The Bertz CT molecular complexity index is 1130. The third-order valence-electron chi connectivity index (χ3n) is 4.70. The Morgan fingerprint density at radius 3 is 2.30 bits per heavy atom. The van der Waals surface area contributed by atoms with Crippen LogP contribution in [0.25, 0.3) is 16.9 Å². The summed E-state index contributed by atoms with van der Waals surface area (Å²) in [4.78, 5) is 13.8. The third-order valence-corrected chi connectivity index (χ3v) is 5.49. The molecule has 4 nitrogen and oxygen atoms in total. The summed E-state index contributed by atoms with van der Waals surface area (Å²) in [6.07, 6.45) is -4.31. The Balaban J connectivity index is 1.92. The van der Waals surface area contributed by atoms with Gasteiger partial charge in [0.2, 0.25) is 0 Å². The Kier molecular flexibility index (Phi) is 5.46. The largest absolute Gasteiger partial charge is 0.406 e. The minimum absolute atomic E-state index is 0.0727. The van der Waals surface area contributed by atoms with Gasteiger partial charge in [0.05, 0.1) is 27.7 Å². The summed E-state index contributed by atoms with van der Waals surface area (Å²) in [5.74, 6) is -0.727. The van der Waals surface area contributed by atoms with Crippen molar-refractivity contribution in [1.82, 2.24) is 14.7 Å². The number of aromatic nitrogens is 2. The second-order valence-electron chi connectivity index (χ2n) is 6.78. The van der Waals surface area contributed by atoms with E-state index in [0.717, 1.165) is 4.90 Å². The molecule has 0 saturated heterocycles. The number of alkyl halides is 3. The van der Waals surface area contributed by atoms with Crippen molar-refractivity contribution < 1.29 is 18.0 Å². The van der Waals surface area contributed by atoms with Crippen molar-refractivity contribution in [3.63, 3.8) is 0 Å². The van der Waals surface area contributed by atoms with Crippen molar-refractivity contribution in [2.24, 2.45) is 0 Å². The fourth-order valence-electron chi connectivity index (χ4n) is 3.43. The molecule has 0 N–H and O–H groups in total. The average molecular weight is 475 g/mol. The van der Waals surface area contributed by atoms with Crippen molar-refractivity contribution in [2.75, 3.05) is 13.1 Å². The Morgan fingerprint density at radius 2 is 1.67 bits per heavy atom. The van der Waals surface area contributed by atoms with Gasteiger partial charge in [0.1, 0.15) is 6.54 Å². The van der Waals surface area contributed by atoms with Crippen molar-refractivity contribution >= 4 is 40.7 Å². The molecule has 1 aliphatic heterocycles. The molecule has 1 aromatic heterocycles. The van der Waals surface area contributed by atoms with Crippen molar-refractivity contribution in [2.45, 2.75) is 12.6 Å². The van der Waals surface area contributed by atoms with E-state index in [1.165, 1.54) is 10.7 Å². The highest BCUT2D eigenvalue weighted by molar-refractivity contribution is 6.35. The highest BCUT2D eigenvalue weighted by atomic mass is 35.5.